The van der Waals surface area contributed by atoms with Gasteiger partial charge in [-0.05, 0) is 43.4 Å². The van der Waals surface area contributed by atoms with Crippen molar-refractivity contribution in [2.24, 2.45) is 0 Å². The predicted octanol–water partition coefficient (Wildman–Crippen LogP) is 1.95. The first kappa shape index (κ1) is 19.2. The molecule has 2 aliphatic heterocycles. The van der Waals surface area contributed by atoms with Crippen LogP contribution in [0.3, 0.4) is 0 Å². The van der Waals surface area contributed by atoms with Crippen molar-refractivity contribution in [1.82, 2.24) is 15.1 Å². The lowest BCUT2D eigenvalue weighted by atomic mass is 10.0. The van der Waals surface area contributed by atoms with Gasteiger partial charge in [-0.15, -0.1) is 0 Å². The van der Waals surface area contributed by atoms with Gasteiger partial charge in [0, 0.05) is 25.6 Å². The molecule has 0 spiro atoms. The van der Waals surface area contributed by atoms with Crippen LogP contribution in [0.4, 0.5) is 4.79 Å². The largest absolute Gasteiger partial charge is 0.494 e. The van der Waals surface area contributed by atoms with Crippen molar-refractivity contribution in [3.05, 3.63) is 29.8 Å². The summed E-state index contributed by atoms with van der Waals surface area (Å²) in [5.41, 5.74) is 1.11. The first-order valence-electron chi connectivity index (χ1n) is 9.68. The molecule has 0 radical (unpaired) electrons. The highest BCUT2D eigenvalue weighted by Crippen LogP contribution is 2.20. The van der Waals surface area contributed by atoms with Crippen LogP contribution in [0.15, 0.2) is 24.3 Å². The second-order valence-electron chi connectivity index (χ2n) is 7.03. The smallest absolute Gasteiger partial charge is 0.324 e. The quantitative estimate of drug-likeness (QED) is 0.741. The molecule has 146 valence electrons. The van der Waals surface area contributed by atoms with E-state index in [1.54, 1.807) is 0 Å². The normalized spacial score (nSPS) is 18.0. The highest BCUT2D eigenvalue weighted by Gasteiger charge is 2.37. The number of nitrogens with one attached hydrogen (secondary N) is 1. The van der Waals surface area contributed by atoms with Gasteiger partial charge in [-0.3, -0.25) is 14.5 Å². The lowest BCUT2D eigenvalue weighted by Gasteiger charge is -2.35. The number of carbonyl (C=O) groups excluding carboxylic acids is 3. The third-order valence-corrected chi connectivity index (χ3v) is 5.08. The average molecular weight is 373 g/mol. The van der Waals surface area contributed by atoms with Crippen molar-refractivity contribution >= 4 is 17.8 Å². The Balaban J connectivity index is 1.43. The Morgan fingerprint density at radius 2 is 1.89 bits per heavy atom. The van der Waals surface area contributed by atoms with E-state index < -0.39 is 0 Å². The molecule has 0 aromatic heterocycles. The number of urea groups is 1. The third kappa shape index (κ3) is 4.78. The highest BCUT2D eigenvalue weighted by molar-refractivity contribution is 6.02. The molecule has 2 fully saturated rings. The van der Waals surface area contributed by atoms with E-state index in [1.807, 2.05) is 29.2 Å². The van der Waals surface area contributed by atoms with Gasteiger partial charge in [0.1, 0.15) is 5.75 Å². The van der Waals surface area contributed by atoms with Crippen LogP contribution < -0.4 is 10.1 Å². The lowest BCUT2D eigenvalue weighted by Crippen LogP contribution is -2.49. The van der Waals surface area contributed by atoms with Crippen LogP contribution >= 0.6 is 0 Å². The maximum Gasteiger partial charge on any atom is 0.324 e. The van der Waals surface area contributed by atoms with Gasteiger partial charge in [-0.1, -0.05) is 19.1 Å². The zero-order valence-corrected chi connectivity index (χ0v) is 15.8. The van der Waals surface area contributed by atoms with E-state index in [9.17, 15) is 14.4 Å². The number of ether oxygens (including phenoxy) is 1. The number of amides is 4. The summed E-state index contributed by atoms with van der Waals surface area (Å²) in [4.78, 5) is 39.2. The average Bonchev–Trinajstić information content (AvgIpc) is 3.03. The maximum absolute atomic E-state index is 12.5. The van der Waals surface area contributed by atoms with Gasteiger partial charge >= 0.3 is 6.03 Å². The molecule has 1 aromatic carbocycles. The summed E-state index contributed by atoms with van der Waals surface area (Å²) in [7, 11) is 0. The molecule has 2 aliphatic rings. The number of aryl methyl sites for hydroxylation is 1. The van der Waals surface area contributed by atoms with Gasteiger partial charge in [0.25, 0.3) is 0 Å². The summed E-state index contributed by atoms with van der Waals surface area (Å²) in [5, 5.41) is 2.55. The van der Waals surface area contributed by atoms with Crippen molar-refractivity contribution in [2.75, 3.05) is 26.2 Å². The number of hydrogen-bond donors (Lipinski definition) is 1. The Morgan fingerprint density at radius 3 is 2.48 bits per heavy atom. The Bertz CT molecular complexity index is 665. The molecule has 7 heteroatoms. The zero-order chi connectivity index (χ0) is 19.2. The van der Waals surface area contributed by atoms with E-state index in [2.05, 4.69) is 12.2 Å². The van der Waals surface area contributed by atoms with E-state index in [4.69, 9.17) is 4.74 Å². The summed E-state index contributed by atoms with van der Waals surface area (Å²) < 4.78 is 5.57. The molecule has 0 unspecified atom stereocenters. The van der Waals surface area contributed by atoms with Crippen LogP contribution in [0.1, 0.15) is 38.2 Å². The maximum atomic E-state index is 12.5. The van der Waals surface area contributed by atoms with Crippen LogP contribution in [0, 0.1) is 0 Å². The molecule has 1 aromatic rings. The van der Waals surface area contributed by atoms with Gasteiger partial charge in [-0.25, -0.2) is 4.79 Å². The van der Waals surface area contributed by atoms with Gasteiger partial charge in [0.2, 0.25) is 11.8 Å². The van der Waals surface area contributed by atoms with Gasteiger partial charge in [0.15, 0.2) is 0 Å². The minimum absolute atomic E-state index is 0.0836. The summed E-state index contributed by atoms with van der Waals surface area (Å²) >= 11 is 0. The fourth-order valence-electron chi connectivity index (χ4n) is 3.56. The molecule has 2 heterocycles. The highest BCUT2D eigenvalue weighted by atomic mass is 16.5. The fraction of sp³-hybridized carbons (Fsp3) is 0.550. The Kier molecular flexibility index (Phi) is 6.32. The lowest BCUT2D eigenvalue weighted by molar-refractivity contribution is -0.133. The SMILES string of the molecule is CCCOc1ccc(CCC(=O)N2CCC(N3C(=O)CNC3=O)CC2)cc1. The van der Waals surface area contributed by atoms with E-state index in [0.29, 0.717) is 45.4 Å². The standard InChI is InChI=1S/C20H27N3O4/c1-2-13-27-17-6-3-15(4-7-17)5-8-18(24)22-11-9-16(10-12-22)23-19(25)14-21-20(23)26/h3-4,6-7,16H,2,5,8-14H2,1H3,(H,21,26). The first-order valence-corrected chi connectivity index (χ1v) is 9.68. The van der Waals surface area contributed by atoms with E-state index in [0.717, 1.165) is 17.7 Å². The molecule has 1 N–H and O–H groups in total. The molecule has 0 aliphatic carbocycles. The number of hydrogen-bond acceptors (Lipinski definition) is 4. The molecule has 0 bridgehead atoms. The molecule has 0 saturated carbocycles. The monoisotopic (exact) mass is 373 g/mol. The molecular formula is C20H27N3O4. The molecule has 0 atom stereocenters. The Hall–Kier alpha value is -2.57. The first-order chi connectivity index (χ1) is 13.1. The van der Waals surface area contributed by atoms with Crippen LogP contribution in [0.5, 0.6) is 5.75 Å². The second-order valence-corrected chi connectivity index (χ2v) is 7.03. The minimum atomic E-state index is -0.309. The fourth-order valence-corrected chi connectivity index (χ4v) is 3.56. The molecule has 27 heavy (non-hydrogen) atoms. The van der Waals surface area contributed by atoms with Crippen LogP contribution in [-0.4, -0.2) is 59.9 Å². The van der Waals surface area contributed by atoms with Gasteiger partial charge in [0.05, 0.1) is 13.2 Å². The van der Waals surface area contributed by atoms with Crippen LogP contribution in [0.25, 0.3) is 0 Å². The number of imide groups is 1. The number of nitrogens with zero attached hydrogens (tertiary/aromatic N) is 2. The summed E-state index contributed by atoms with van der Waals surface area (Å²) in [6.07, 6.45) is 3.43. The second kappa shape index (κ2) is 8.88. The van der Waals surface area contributed by atoms with Gasteiger partial charge < -0.3 is 15.0 Å². The molecule has 2 saturated heterocycles. The molecule has 4 amide bonds. The topological polar surface area (TPSA) is 79.0 Å². The van der Waals surface area contributed by atoms with Gasteiger partial charge in [-0.2, -0.15) is 0 Å². The minimum Gasteiger partial charge on any atom is -0.494 e. The number of carbonyl (C=O) groups is 3. The van der Waals surface area contributed by atoms with Crippen LogP contribution in [0.2, 0.25) is 0 Å². The zero-order valence-electron chi connectivity index (χ0n) is 15.8. The van der Waals surface area contributed by atoms with Crippen molar-refractivity contribution in [2.45, 2.75) is 45.1 Å². The molecule has 7 nitrogen and oxygen atoms in total. The number of rotatable bonds is 7. The Morgan fingerprint density at radius 1 is 1.19 bits per heavy atom. The molecule has 3 rings (SSSR count). The van der Waals surface area contributed by atoms with Crippen molar-refractivity contribution < 1.29 is 19.1 Å². The molecular weight excluding hydrogens is 346 g/mol. The predicted molar refractivity (Wildman–Crippen MR) is 100 cm³/mol. The van der Waals surface area contributed by atoms with E-state index >= 15 is 0 Å². The van der Waals surface area contributed by atoms with Crippen molar-refractivity contribution in [1.29, 1.82) is 0 Å². The summed E-state index contributed by atoms with van der Waals surface area (Å²) in [6.45, 7) is 4.04. The van der Waals surface area contributed by atoms with Crippen molar-refractivity contribution in [3.8, 4) is 5.75 Å². The Labute approximate surface area is 159 Å². The number of piperidine rings is 1. The number of likely N-dealkylation sites (tertiary alicyclic amines) is 1. The van der Waals surface area contributed by atoms with E-state index in [-0.39, 0.29) is 30.4 Å². The number of benzene rings is 1. The third-order valence-electron chi connectivity index (χ3n) is 5.08. The van der Waals surface area contributed by atoms with Crippen molar-refractivity contribution in [3.63, 3.8) is 0 Å². The summed E-state index contributed by atoms with van der Waals surface area (Å²) in [5.74, 6) is 0.808. The van der Waals surface area contributed by atoms with Crippen LogP contribution in [-0.2, 0) is 16.0 Å². The summed E-state index contributed by atoms with van der Waals surface area (Å²) in [6, 6.07) is 7.48. The van der Waals surface area contributed by atoms with E-state index in [1.165, 1.54) is 4.90 Å².